The molecule has 0 spiro atoms. The molecule has 1 saturated heterocycles. The quantitative estimate of drug-likeness (QED) is 0.666. The Hall–Kier alpha value is -3.62. The lowest BCUT2D eigenvalue weighted by atomic mass is 10.0. The first-order valence-corrected chi connectivity index (χ1v) is 9.42. The van der Waals surface area contributed by atoms with Crippen LogP contribution in [0.3, 0.4) is 0 Å². The molecule has 1 fully saturated rings. The summed E-state index contributed by atoms with van der Waals surface area (Å²) < 4.78 is 1.73. The highest BCUT2D eigenvalue weighted by Gasteiger charge is 2.27. The van der Waals surface area contributed by atoms with Gasteiger partial charge in [-0.15, -0.1) is 0 Å². The molecule has 0 radical (unpaired) electrons. The van der Waals surface area contributed by atoms with Crippen molar-refractivity contribution >= 4 is 23.6 Å². The van der Waals surface area contributed by atoms with Crippen LogP contribution in [0.15, 0.2) is 43.0 Å². The minimum absolute atomic E-state index is 0.00242. The maximum absolute atomic E-state index is 12.6. The molecule has 9 nitrogen and oxygen atoms in total. The molecule has 4 heterocycles. The fraction of sp³-hybridized carbons (Fsp3) is 0.300. The van der Waals surface area contributed by atoms with Gasteiger partial charge < -0.3 is 10.2 Å². The van der Waals surface area contributed by atoms with Crippen LogP contribution < -0.4 is 5.32 Å². The van der Waals surface area contributed by atoms with Crippen LogP contribution in [-0.4, -0.2) is 53.6 Å². The van der Waals surface area contributed by atoms with Crippen molar-refractivity contribution in [3.05, 3.63) is 60.2 Å². The second-order valence-electron chi connectivity index (χ2n) is 6.92. The molecular weight excluding hydrogens is 368 g/mol. The zero-order chi connectivity index (χ0) is 20.2. The number of nitrogens with one attached hydrogen (secondary N) is 1. The number of likely N-dealkylation sites (tertiary alicyclic amines) is 1. The predicted octanol–water partition coefficient (Wildman–Crippen LogP) is 2.08. The molecular formula is C20H22N8O. The van der Waals surface area contributed by atoms with Crippen molar-refractivity contribution in [1.29, 1.82) is 0 Å². The molecule has 0 saturated carbocycles. The van der Waals surface area contributed by atoms with Gasteiger partial charge >= 0.3 is 0 Å². The second-order valence-corrected chi connectivity index (χ2v) is 6.92. The van der Waals surface area contributed by atoms with Gasteiger partial charge in [0.05, 0.1) is 17.6 Å². The summed E-state index contributed by atoms with van der Waals surface area (Å²) in [5, 5.41) is 7.26. The Balaban J connectivity index is 1.44. The van der Waals surface area contributed by atoms with Crippen molar-refractivity contribution < 1.29 is 4.79 Å². The van der Waals surface area contributed by atoms with Gasteiger partial charge in [0.2, 0.25) is 5.91 Å². The molecule has 3 aromatic rings. The van der Waals surface area contributed by atoms with E-state index in [1.54, 1.807) is 41.6 Å². The number of hydrogen-bond acceptors (Lipinski definition) is 7. The molecule has 0 aromatic carbocycles. The topological polar surface area (TPSA) is 102 Å². The second kappa shape index (κ2) is 8.17. The van der Waals surface area contributed by atoms with Crippen LogP contribution in [0.1, 0.15) is 29.6 Å². The normalized spacial score (nSPS) is 16.5. The van der Waals surface area contributed by atoms with Gasteiger partial charge in [-0.05, 0) is 25.5 Å². The van der Waals surface area contributed by atoms with Crippen molar-refractivity contribution in [3.63, 3.8) is 0 Å². The maximum Gasteiger partial charge on any atom is 0.246 e. The molecule has 4 rings (SSSR count). The number of hydrogen-bond donors (Lipinski definition) is 1. The highest BCUT2D eigenvalue weighted by atomic mass is 16.2. The smallest absolute Gasteiger partial charge is 0.246 e. The van der Waals surface area contributed by atoms with Gasteiger partial charge in [-0.25, -0.2) is 15.0 Å². The first-order chi connectivity index (χ1) is 14.1. The minimum atomic E-state index is -0.00242. The first kappa shape index (κ1) is 18.7. The highest BCUT2D eigenvalue weighted by Crippen LogP contribution is 2.28. The van der Waals surface area contributed by atoms with Gasteiger partial charge in [-0.1, -0.05) is 0 Å². The van der Waals surface area contributed by atoms with Crippen LogP contribution in [-0.2, 0) is 11.8 Å². The number of aromatic nitrogens is 6. The van der Waals surface area contributed by atoms with E-state index in [0.29, 0.717) is 30.5 Å². The Labute approximate surface area is 168 Å². The Morgan fingerprint density at radius 1 is 1.24 bits per heavy atom. The summed E-state index contributed by atoms with van der Waals surface area (Å²) in [7, 11) is 1.85. The maximum atomic E-state index is 12.6. The van der Waals surface area contributed by atoms with E-state index in [0.717, 1.165) is 17.8 Å². The van der Waals surface area contributed by atoms with Gasteiger partial charge in [0.25, 0.3) is 0 Å². The fourth-order valence-corrected chi connectivity index (χ4v) is 3.37. The fourth-order valence-electron chi connectivity index (χ4n) is 3.37. The van der Waals surface area contributed by atoms with Crippen molar-refractivity contribution in [2.75, 3.05) is 18.4 Å². The Morgan fingerprint density at radius 3 is 2.90 bits per heavy atom. The molecule has 0 bridgehead atoms. The lowest BCUT2D eigenvalue weighted by Gasteiger charge is -2.15. The van der Waals surface area contributed by atoms with Crippen molar-refractivity contribution in [1.82, 2.24) is 34.6 Å². The standard InChI is InChI=1S/C20H22N8O/c1-14-24-17(11-18(25-14)26-19-12-21-8-9-22-19)15-6-10-28(13-15)20(29)4-3-16-5-7-23-27(16)2/h3-5,7-9,11-12,15H,6,10,13H2,1-2H3,(H,22,24,25,26)/b4-3+/t15-/m1/s1. The van der Waals surface area contributed by atoms with Crippen molar-refractivity contribution in [3.8, 4) is 0 Å². The van der Waals surface area contributed by atoms with E-state index in [1.165, 1.54) is 0 Å². The zero-order valence-corrected chi connectivity index (χ0v) is 16.4. The van der Waals surface area contributed by atoms with Crippen LogP contribution in [0.4, 0.5) is 11.6 Å². The van der Waals surface area contributed by atoms with E-state index in [-0.39, 0.29) is 11.8 Å². The van der Waals surface area contributed by atoms with E-state index in [9.17, 15) is 4.79 Å². The van der Waals surface area contributed by atoms with Crippen molar-refractivity contribution in [2.24, 2.45) is 7.05 Å². The number of amides is 1. The third kappa shape index (κ3) is 4.45. The average Bonchev–Trinajstić information content (AvgIpc) is 3.36. The molecule has 1 aliphatic rings. The summed E-state index contributed by atoms with van der Waals surface area (Å²) in [4.78, 5) is 31.7. The number of nitrogens with zero attached hydrogens (tertiary/aromatic N) is 7. The molecule has 1 amide bonds. The number of anilines is 2. The monoisotopic (exact) mass is 390 g/mol. The van der Waals surface area contributed by atoms with Crippen LogP contribution >= 0.6 is 0 Å². The number of aryl methyl sites for hydroxylation is 2. The van der Waals surface area contributed by atoms with Crippen molar-refractivity contribution in [2.45, 2.75) is 19.3 Å². The van der Waals surface area contributed by atoms with Crippen LogP contribution in [0.5, 0.6) is 0 Å². The molecule has 1 atom stereocenters. The lowest BCUT2D eigenvalue weighted by molar-refractivity contribution is -0.124. The summed E-state index contributed by atoms with van der Waals surface area (Å²) in [6.45, 7) is 3.20. The van der Waals surface area contributed by atoms with Gasteiger partial charge in [-0.2, -0.15) is 5.10 Å². The van der Waals surface area contributed by atoms with E-state index >= 15 is 0 Å². The number of carbonyl (C=O) groups excluding carboxylic acids is 1. The molecule has 1 aliphatic heterocycles. The third-order valence-corrected chi connectivity index (χ3v) is 4.85. The molecule has 3 aromatic heterocycles. The summed E-state index contributed by atoms with van der Waals surface area (Å²) in [6, 6.07) is 3.79. The largest absolute Gasteiger partial charge is 0.338 e. The Bertz CT molecular complexity index is 1030. The average molecular weight is 390 g/mol. The van der Waals surface area contributed by atoms with Gasteiger partial charge in [0.15, 0.2) is 0 Å². The third-order valence-electron chi connectivity index (χ3n) is 4.85. The first-order valence-electron chi connectivity index (χ1n) is 9.42. The molecule has 148 valence electrons. The SMILES string of the molecule is Cc1nc(Nc2cnccn2)cc([C@@H]2CCN(C(=O)/C=C/c3ccnn3C)C2)n1. The highest BCUT2D eigenvalue weighted by molar-refractivity contribution is 5.91. The zero-order valence-electron chi connectivity index (χ0n) is 16.4. The minimum Gasteiger partial charge on any atom is -0.338 e. The Morgan fingerprint density at radius 2 is 2.14 bits per heavy atom. The van der Waals surface area contributed by atoms with E-state index in [1.807, 2.05) is 31.0 Å². The van der Waals surface area contributed by atoms with Gasteiger partial charge in [0, 0.05) is 56.8 Å². The lowest BCUT2D eigenvalue weighted by Crippen LogP contribution is -2.26. The summed E-state index contributed by atoms with van der Waals surface area (Å²) in [6.07, 6.45) is 10.9. The Kier molecular flexibility index (Phi) is 5.28. The van der Waals surface area contributed by atoms with Gasteiger partial charge in [0.1, 0.15) is 17.5 Å². The summed E-state index contributed by atoms with van der Waals surface area (Å²) >= 11 is 0. The number of carbonyl (C=O) groups is 1. The number of rotatable bonds is 5. The molecule has 0 aliphatic carbocycles. The van der Waals surface area contributed by atoms with E-state index in [2.05, 4.69) is 30.4 Å². The van der Waals surface area contributed by atoms with Gasteiger partial charge in [-0.3, -0.25) is 14.5 Å². The summed E-state index contributed by atoms with van der Waals surface area (Å²) in [5.74, 6) is 2.15. The molecule has 1 N–H and O–H groups in total. The molecule has 29 heavy (non-hydrogen) atoms. The van der Waals surface area contributed by atoms with Crippen LogP contribution in [0.2, 0.25) is 0 Å². The van der Waals surface area contributed by atoms with E-state index in [4.69, 9.17) is 0 Å². The van der Waals surface area contributed by atoms with Crippen LogP contribution in [0.25, 0.3) is 6.08 Å². The molecule has 0 unspecified atom stereocenters. The summed E-state index contributed by atoms with van der Waals surface area (Å²) in [5.41, 5.74) is 1.81. The molecule has 9 heteroatoms. The predicted molar refractivity (Wildman–Crippen MR) is 108 cm³/mol. The van der Waals surface area contributed by atoms with E-state index < -0.39 is 0 Å². The van der Waals surface area contributed by atoms with Crippen LogP contribution in [0, 0.1) is 6.92 Å².